The predicted octanol–water partition coefficient (Wildman–Crippen LogP) is 2.13. The Morgan fingerprint density at radius 1 is 1.43 bits per heavy atom. The minimum Gasteiger partial charge on any atom is -0.493 e. The maximum atomic E-state index is 13.2. The molecule has 3 nitrogen and oxygen atoms in total. The standard InChI is InChI=1S/C8H8BrF2NO2/c1-13-8-4(3-14-12)2-5(9)6(10)7(8)11/h2H,3,12H2,1H3. The van der Waals surface area contributed by atoms with Crippen LogP contribution in [0.3, 0.4) is 0 Å². The second kappa shape index (κ2) is 4.68. The first-order valence-electron chi connectivity index (χ1n) is 3.63. The lowest BCUT2D eigenvalue weighted by Crippen LogP contribution is -2.04. The van der Waals surface area contributed by atoms with E-state index < -0.39 is 11.6 Å². The fourth-order valence-corrected chi connectivity index (χ4v) is 1.50. The summed E-state index contributed by atoms with van der Waals surface area (Å²) in [4.78, 5) is 4.33. The van der Waals surface area contributed by atoms with Crippen LogP contribution >= 0.6 is 15.9 Å². The Labute approximate surface area is 87.9 Å². The molecule has 0 fully saturated rings. The molecule has 14 heavy (non-hydrogen) atoms. The molecule has 1 aromatic rings. The maximum absolute atomic E-state index is 13.2. The Hall–Kier alpha value is -0.720. The third-order valence-corrected chi connectivity index (χ3v) is 2.21. The van der Waals surface area contributed by atoms with Gasteiger partial charge in [0.05, 0.1) is 18.2 Å². The summed E-state index contributed by atoms with van der Waals surface area (Å²) in [6.07, 6.45) is 0. The maximum Gasteiger partial charge on any atom is 0.202 e. The van der Waals surface area contributed by atoms with Crippen LogP contribution in [-0.2, 0) is 11.4 Å². The van der Waals surface area contributed by atoms with Crippen molar-refractivity contribution >= 4 is 15.9 Å². The van der Waals surface area contributed by atoms with E-state index in [-0.39, 0.29) is 16.8 Å². The van der Waals surface area contributed by atoms with Crippen molar-refractivity contribution < 1.29 is 18.4 Å². The molecule has 0 atom stereocenters. The van der Waals surface area contributed by atoms with Gasteiger partial charge in [0.25, 0.3) is 0 Å². The molecule has 1 rings (SSSR count). The molecule has 0 unspecified atom stereocenters. The highest BCUT2D eigenvalue weighted by molar-refractivity contribution is 9.10. The minimum atomic E-state index is -1.06. The van der Waals surface area contributed by atoms with Gasteiger partial charge in [-0.15, -0.1) is 0 Å². The summed E-state index contributed by atoms with van der Waals surface area (Å²) in [5.74, 6) is 2.58. The fraction of sp³-hybridized carbons (Fsp3) is 0.250. The van der Waals surface area contributed by atoms with Gasteiger partial charge in [-0.3, -0.25) is 4.84 Å². The van der Waals surface area contributed by atoms with Crippen LogP contribution in [0, 0.1) is 11.6 Å². The lowest BCUT2D eigenvalue weighted by Gasteiger charge is -2.09. The summed E-state index contributed by atoms with van der Waals surface area (Å²) < 4.78 is 30.9. The normalized spacial score (nSPS) is 10.4. The summed E-state index contributed by atoms with van der Waals surface area (Å²) in [6.45, 7) is -0.0566. The van der Waals surface area contributed by atoms with Crippen molar-refractivity contribution in [1.82, 2.24) is 0 Å². The van der Waals surface area contributed by atoms with Crippen molar-refractivity contribution in [3.8, 4) is 5.75 Å². The first kappa shape index (κ1) is 11.4. The molecule has 0 radical (unpaired) electrons. The highest BCUT2D eigenvalue weighted by Gasteiger charge is 2.17. The second-order valence-electron chi connectivity index (χ2n) is 2.49. The van der Waals surface area contributed by atoms with Crippen molar-refractivity contribution in [3.05, 3.63) is 27.7 Å². The topological polar surface area (TPSA) is 44.5 Å². The summed E-state index contributed by atoms with van der Waals surface area (Å²) in [5.41, 5.74) is 0.334. The zero-order valence-electron chi connectivity index (χ0n) is 7.31. The molecule has 2 N–H and O–H groups in total. The summed E-state index contributed by atoms with van der Waals surface area (Å²) in [6, 6.07) is 1.35. The van der Waals surface area contributed by atoms with E-state index in [2.05, 4.69) is 20.8 Å². The first-order valence-corrected chi connectivity index (χ1v) is 4.43. The summed E-state index contributed by atoms with van der Waals surface area (Å²) in [7, 11) is 1.24. The highest BCUT2D eigenvalue weighted by Crippen LogP contribution is 2.30. The molecular formula is C8H8BrF2NO2. The third-order valence-electron chi connectivity index (χ3n) is 1.64. The molecule has 0 saturated carbocycles. The average Bonchev–Trinajstić information content (AvgIpc) is 2.16. The molecule has 0 aromatic heterocycles. The second-order valence-corrected chi connectivity index (χ2v) is 3.34. The van der Waals surface area contributed by atoms with Crippen LogP contribution in [0.1, 0.15) is 5.56 Å². The van der Waals surface area contributed by atoms with E-state index in [9.17, 15) is 8.78 Å². The Morgan fingerprint density at radius 2 is 2.07 bits per heavy atom. The van der Waals surface area contributed by atoms with Gasteiger partial charge in [0, 0.05) is 5.56 Å². The Balaban J connectivity index is 3.28. The zero-order valence-corrected chi connectivity index (χ0v) is 8.90. The Bertz CT molecular complexity index is 347. The van der Waals surface area contributed by atoms with Gasteiger partial charge >= 0.3 is 0 Å². The molecule has 0 aliphatic heterocycles. The van der Waals surface area contributed by atoms with Gasteiger partial charge in [0.2, 0.25) is 5.82 Å². The van der Waals surface area contributed by atoms with E-state index in [0.29, 0.717) is 5.56 Å². The third kappa shape index (κ3) is 2.02. The fourth-order valence-electron chi connectivity index (χ4n) is 1.05. The number of rotatable bonds is 3. The number of hydrogen-bond donors (Lipinski definition) is 1. The summed E-state index contributed by atoms with van der Waals surface area (Å²) >= 11 is 2.86. The Kier molecular flexibility index (Phi) is 3.79. The van der Waals surface area contributed by atoms with Gasteiger partial charge in [0.1, 0.15) is 0 Å². The van der Waals surface area contributed by atoms with Crippen molar-refractivity contribution in [2.75, 3.05) is 7.11 Å². The Morgan fingerprint density at radius 3 is 2.57 bits per heavy atom. The largest absolute Gasteiger partial charge is 0.493 e. The van der Waals surface area contributed by atoms with Gasteiger partial charge < -0.3 is 4.74 Å². The molecule has 0 spiro atoms. The molecule has 6 heteroatoms. The number of ether oxygens (including phenoxy) is 1. The molecule has 1 aromatic carbocycles. The number of halogens is 3. The van der Waals surface area contributed by atoms with Gasteiger partial charge in [-0.2, -0.15) is 4.39 Å². The number of methoxy groups -OCH3 is 1. The lowest BCUT2D eigenvalue weighted by atomic mass is 10.2. The van der Waals surface area contributed by atoms with Crippen LogP contribution in [-0.4, -0.2) is 7.11 Å². The molecule has 0 heterocycles. The van der Waals surface area contributed by atoms with Crippen molar-refractivity contribution in [1.29, 1.82) is 0 Å². The lowest BCUT2D eigenvalue weighted by molar-refractivity contribution is 0.121. The van der Waals surface area contributed by atoms with Gasteiger partial charge in [-0.1, -0.05) is 0 Å². The van der Waals surface area contributed by atoms with E-state index in [1.165, 1.54) is 13.2 Å². The van der Waals surface area contributed by atoms with Crippen LogP contribution in [0.5, 0.6) is 5.75 Å². The predicted molar refractivity (Wildman–Crippen MR) is 49.6 cm³/mol. The van der Waals surface area contributed by atoms with Crippen LogP contribution in [0.2, 0.25) is 0 Å². The average molecular weight is 268 g/mol. The quantitative estimate of drug-likeness (QED) is 0.674. The van der Waals surface area contributed by atoms with Crippen LogP contribution < -0.4 is 10.6 Å². The van der Waals surface area contributed by atoms with E-state index in [0.717, 1.165) is 0 Å². The molecule has 0 bridgehead atoms. The highest BCUT2D eigenvalue weighted by atomic mass is 79.9. The SMILES string of the molecule is COc1c(CON)cc(Br)c(F)c1F. The smallest absolute Gasteiger partial charge is 0.202 e. The number of benzene rings is 1. The van der Waals surface area contributed by atoms with E-state index >= 15 is 0 Å². The van der Waals surface area contributed by atoms with Crippen LogP contribution in [0.25, 0.3) is 0 Å². The van der Waals surface area contributed by atoms with Crippen LogP contribution in [0.4, 0.5) is 8.78 Å². The van der Waals surface area contributed by atoms with Crippen molar-refractivity contribution in [2.24, 2.45) is 5.90 Å². The van der Waals surface area contributed by atoms with Crippen molar-refractivity contribution in [2.45, 2.75) is 6.61 Å². The molecule has 78 valence electrons. The number of hydrogen-bond acceptors (Lipinski definition) is 3. The zero-order chi connectivity index (χ0) is 10.7. The van der Waals surface area contributed by atoms with E-state index in [4.69, 9.17) is 10.6 Å². The summed E-state index contributed by atoms with van der Waals surface area (Å²) in [5, 5.41) is 0. The number of nitrogens with two attached hydrogens (primary N) is 1. The molecule has 0 amide bonds. The minimum absolute atomic E-state index is 0.00264. The van der Waals surface area contributed by atoms with Gasteiger partial charge in [0.15, 0.2) is 11.6 Å². The van der Waals surface area contributed by atoms with Gasteiger partial charge in [-0.05, 0) is 22.0 Å². The molecule has 0 saturated heterocycles. The molecule has 0 aliphatic carbocycles. The van der Waals surface area contributed by atoms with Crippen LogP contribution in [0.15, 0.2) is 10.5 Å². The van der Waals surface area contributed by atoms with E-state index in [1.807, 2.05) is 0 Å². The molecular weight excluding hydrogens is 260 g/mol. The monoisotopic (exact) mass is 267 g/mol. The first-order chi connectivity index (χ1) is 6.61. The van der Waals surface area contributed by atoms with Gasteiger partial charge in [-0.25, -0.2) is 10.3 Å². The molecule has 0 aliphatic rings. The van der Waals surface area contributed by atoms with E-state index in [1.54, 1.807) is 0 Å². The van der Waals surface area contributed by atoms with Crippen molar-refractivity contribution in [3.63, 3.8) is 0 Å².